The van der Waals surface area contributed by atoms with Crippen molar-refractivity contribution in [3.63, 3.8) is 0 Å². The van der Waals surface area contributed by atoms with Crippen molar-refractivity contribution in [3.05, 3.63) is 11.3 Å². The second-order valence-electron chi connectivity index (χ2n) is 9.17. The van der Waals surface area contributed by atoms with Crippen LogP contribution in [0.25, 0.3) is 0 Å². The van der Waals surface area contributed by atoms with Crippen molar-refractivity contribution in [2.45, 2.75) is 84.2 Å². The van der Waals surface area contributed by atoms with Crippen molar-refractivity contribution in [2.24, 2.45) is 5.92 Å². The Balaban J connectivity index is 2.00. The van der Waals surface area contributed by atoms with Gasteiger partial charge in [-0.25, -0.2) is 14.0 Å². The molecule has 1 saturated heterocycles. The standard InChI is InChI=1S/C18H29BFNO6/c1-16(2,3)25-15(24)21-12(14(22)23)10-8-11(9-10)13(20)19-26-17(4,5)18(6,7)27-19/h10,12H,8-9H2,1-7H3,(H,21,24)(H,22,23). The minimum atomic E-state index is -1.18. The zero-order valence-electron chi connectivity index (χ0n) is 17.0. The smallest absolute Gasteiger partial charge is 0.480 e. The van der Waals surface area contributed by atoms with E-state index in [4.69, 9.17) is 14.0 Å². The van der Waals surface area contributed by atoms with E-state index in [-0.39, 0.29) is 12.8 Å². The predicted octanol–water partition coefficient (Wildman–Crippen LogP) is 3.23. The maximum Gasteiger partial charge on any atom is 0.525 e. The first-order valence-corrected chi connectivity index (χ1v) is 9.08. The summed E-state index contributed by atoms with van der Waals surface area (Å²) >= 11 is 0. The molecule has 2 aliphatic rings. The fourth-order valence-electron chi connectivity index (χ4n) is 2.93. The van der Waals surface area contributed by atoms with Crippen molar-refractivity contribution >= 4 is 19.2 Å². The second-order valence-corrected chi connectivity index (χ2v) is 9.17. The predicted molar refractivity (Wildman–Crippen MR) is 97.7 cm³/mol. The number of aliphatic carboxylic acids is 1. The molecule has 1 atom stereocenters. The molecule has 9 heteroatoms. The largest absolute Gasteiger partial charge is 0.525 e. The van der Waals surface area contributed by atoms with Crippen molar-refractivity contribution < 1.29 is 33.1 Å². The highest BCUT2D eigenvalue weighted by Crippen LogP contribution is 2.44. The summed E-state index contributed by atoms with van der Waals surface area (Å²) in [5, 5.41) is 11.8. The lowest BCUT2D eigenvalue weighted by atomic mass is 9.70. The van der Waals surface area contributed by atoms with Crippen LogP contribution in [0.2, 0.25) is 0 Å². The molecule has 152 valence electrons. The quantitative estimate of drug-likeness (QED) is 0.722. The van der Waals surface area contributed by atoms with E-state index in [1.807, 2.05) is 27.7 Å². The number of halogens is 1. The zero-order valence-corrected chi connectivity index (χ0v) is 17.0. The Kier molecular flexibility index (Phi) is 5.70. The summed E-state index contributed by atoms with van der Waals surface area (Å²) in [5.74, 6) is -1.60. The summed E-state index contributed by atoms with van der Waals surface area (Å²) in [6.45, 7) is 12.4. The van der Waals surface area contributed by atoms with E-state index in [0.29, 0.717) is 5.57 Å². The molecule has 0 spiro atoms. The van der Waals surface area contributed by atoms with Crippen LogP contribution in [-0.4, -0.2) is 47.1 Å². The van der Waals surface area contributed by atoms with Gasteiger partial charge >= 0.3 is 19.2 Å². The number of carboxylic acids is 1. The summed E-state index contributed by atoms with van der Waals surface area (Å²) in [6, 6.07) is -1.14. The number of ether oxygens (including phenoxy) is 1. The fourth-order valence-corrected chi connectivity index (χ4v) is 2.93. The van der Waals surface area contributed by atoms with Gasteiger partial charge in [-0.2, -0.15) is 0 Å². The number of carbonyl (C=O) groups is 2. The SMILES string of the molecule is CC(C)(C)OC(=O)NC(C(=O)O)C1CC(=C(F)B2OC(C)(C)C(C)(C)O2)C1. The van der Waals surface area contributed by atoms with Crippen LogP contribution in [0.15, 0.2) is 11.3 Å². The molecular formula is C18H29BFNO6. The molecule has 0 radical (unpaired) electrons. The van der Waals surface area contributed by atoms with Gasteiger partial charge in [-0.05, 0) is 72.8 Å². The van der Waals surface area contributed by atoms with Crippen LogP contribution in [0.3, 0.4) is 0 Å². The summed E-state index contributed by atoms with van der Waals surface area (Å²) in [6.07, 6.45) is -0.385. The number of allylic oxidation sites excluding steroid dienone is 1. The number of hydrogen-bond donors (Lipinski definition) is 2. The molecule has 2 fully saturated rings. The lowest BCUT2D eigenvalue weighted by molar-refractivity contribution is -0.141. The third-order valence-electron chi connectivity index (χ3n) is 5.22. The van der Waals surface area contributed by atoms with Crippen LogP contribution in [0.5, 0.6) is 0 Å². The average molecular weight is 385 g/mol. The van der Waals surface area contributed by atoms with Crippen molar-refractivity contribution in [1.82, 2.24) is 5.32 Å². The Morgan fingerprint density at radius 3 is 2.11 bits per heavy atom. The van der Waals surface area contributed by atoms with Gasteiger partial charge in [0.1, 0.15) is 17.4 Å². The van der Waals surface area contributed by atoms with Crippen LogP contribution < -0.4 is 5.32 Å². The van der Waals surface area contributed by atoms with Gasteiger partial charge in [0.05, 0.1) is 11.2 Å². The number of carbonyl (C=O) groups excluding carboxylic acids is 1. The van der Waals surface area contributed by atoms with Gasteiger partial charge in [0.25, 0.3) is 0 Å². The van der Waals surface area contributed by atoms with Crippen molar-refractivity contribution in [1.29, 1.82) is 0 Å². The molecule has 1 saturated carbocycles. The molecule has 1 aliphatic heterocycles. The molecule has 1 amide bonds. The Bertz CT molecular complexity index is 631. The summed E-state index contributed by atoms with van der Waals surface area (Å²) in [5.41, 5.74) is -2.09. The summed E-state index contributed by atoms with van der Waals surface area (Å²) in [7, 11) is -1.09. The summed E-state index contributed by atoms with van der Waals surface area (Å²) in [4.78, 5) is 23.4. The Morgan fingerprint density at radius 1 is 1.22 bits per heavy atom. The molecule has 2 rings (SSSR count). The average Bonchev–Trinajstić information content (AvgIpc) is 2.62. The highest BCUT2D eigenvalue weighted by molar-refractivity contribution is 6.53. The summed E-state index contributed by atoms with van der Waals surface area (Å²) < 4.78 is 31.2. The molecule has 0 aromatic carbocycles. The van der Waals surface area contributed by atoms with E-state index in [0.717, 1.165) is 0 Å². The molecule has 7 nitrogen and oxygen atoms in total. The number of nitrogens with one attached hydrogen (secondary N) is 1. The number of amides is 1. The van der Waals surface area contributed by atoms with Crippen LogP contribution in [0.1, 0.15) is 61.3 Å². The Labute approximate surface area is 159 Å². The molecule has 27 heavy (non-hydrogen) atoms. The number of rotatable bonds is 4. The minimum absolute atomic E-state index is 0.211. The molecule has 1 heterocycles. The van der Waals surface area contributed by atoms with Crippen LogP contribution in [0, 0.1) is 5.92 Å². The van der Waals surface area contributed by atoms with E-state index in [2.05, 4.69) is 5.32 Å². The number of carboxylic acid groups (broad SMARTS) is 1. The number of alkyl carbamates (subject to hydrolysis) is 1. The van der Waals surface area contributed by atoms with Crippen LogP contribution in [-0.2, 0) is 18.8 Å². The first-order valence-electron chi connectivity index (χ1n) is 9.08. The zero-order chi connectivity index (χ0) is 20.8. The van der Waals surface area contributed by atoms with Crippen molar-refractivity contribution in [2.75, 3.05) is 0 Å². The molecule has 0 aromatic rings. The van der Waals surface area contributed by atoms with E-state index in [9.17, 15) is 19.1 Å². The first-order chi connectivity index (χ1) is 12.1. The van der Waals surface area contributed by atoms with E-state index < -0.39 is 53.7 Å². The number of hydrogen-bond acceptors (Lipinski definition) is 5. The molecule has 2 N–H and O–H groups in total. The van der Waals surface area contributed by atoms with Gasteiger partial charge < -0.3 is 24.5 Å². The second kappa shape index (κ2) is 7.09. The minimum Gasteiger partial charge on any atom is -0.480 e. The third-order valence-corrected chi connectivity index (χ3v) is 5.22. The van der Waals surface area contributed by atoms with E-state index in [1.165, 1.54) is 0 Å². The van der Waals surface area contributed by atoms with Gasteiger partial charge in [0, 0.05) is 0 Å². The maximum atomic E-state index is 14.7. The molecule has 1 aliphatic carbocycles. The highest BCUT2D eigenvalue weighted by atomic mass is 19.1. The topological polar surface area (TPSA) is 94.1 Å². The van der Waals surface area contributed by atoms with Crippen LogP contribution >= 0.6 is 0 Å². The molecule has 1 unspecified atom stereocenters. The van der Waals surface area contributed by atoms with Gasteiger partial charge in [0.15, 0.2) is 0 Å². The van der Waals surface area contributed by atoms with Gasteiger partial charge in [-0.3, -0.25) is 0 Å². The van der Waals surface area contributed by atoms with E-state index in [1.54, 1.807) is 20.8 Å². The Morgan fingerprint density at radius 2 is 1.70 bits per heavy atom. The van der Waals surface area contributed by atoms with E-state index >= 15 is 0 Å². The lowest BCUT2D eigenvalue weighted by Gasteiger charge is -2.35. The van der Waals surface area contributed by atoms with Gasteiger partial charge in [-0.1, -0.05) is 0 Å². The first kappa shape index (κ1) is 21.7. The normalized spacial score (nSPS) is 24.8. The lowest BCUT2D eigenvalue weighted by Crippen LogP contribution is -2.50. The van der Waals surface area contributed by atoms with Crippen LogP contribution in [0.4, 0.5) is 9.18 Å². The molecular weight excluding hydrogens is 356 g/mol. The highest BCUT2D eigenvalue weighted by Gasteiger charge is 2.54. The Hall–Kier alpha value is -1.61. The fraction of sp³-hybridized carbons (Fsp3) is 0.778. The maximum absolute atomic E-state index is 14.7. The molecule has 0 bridgehead atoms. The third kappa shape index (κ3) is 4.82. The monoisotopic (exact) mass is 385 g/mol. The molecule has 0 aromatic heterocycles. The van der Waals surface area contributed by atoms with Crippen molar-refractivity contribution in [3.8, 4) is 0 Å². The van der Waals surface area contributed by atoms with Gasteiger partial charge in [0.2, 0.25) is 0 Å². The van der Waals surface area contributed by atoms with Gasteiger partial charge in [-0.15, -0.1) is 0 Å².